The van der Waals surface area contributed by atoms with Crippen LogP contribution in [0.5, 0.6) is 0 Å². The van der Waals surface area contributed by atoms with Crippen LogP contribution in [0.1, 0.15) is 39.2 Å². The van der Waals surface area contributed by atoms with Gasteiger partial charge in [0.2, 0.25) is 0 Å². The van der Waals surface area contributed by atoms with E-state index < -0.39 is 4.92 Å². The predicted molar refractivity (Wildman–Crippen MR) is 72.8 cm³/mol. The molecular weight excluding hydrogens is 230 g/mol. The number of aromatic nitrogens is 1. The highest BCUT2D eigenvalue weighted by Crippen LogP contribution is 2.20. The standard InChI is InChI=1S/C13H21N3O2/c1-5-9(2)6-11(4)15-13-7-10(3)12(8-14-13)16(17)18/h7-9,11H,5-6H2,1-4H3,(H,14,15). The third-order valence-electron chi connectivity index (χ3n) is 3.13. The van der Waals surface area contributed by atoms with Crippen molar-refractivity contribution in [3.63, 3.8) is 0 Å². The molecule has 18 heavy (non-hydrogen) atoms. The van der Waals surface area contributed by atoms with Gasteiger partial charge >= 0.3 is 0 Å². The van der Waals surface area contributed by atoms with E-state index in [0.717, 1.165) is 12.8 Å². The van der Waals surface area contributed by atoms with Crippen LogP contribution in [0.25, 0.3) is 0 Å². The number of anilines is 1. The van der Waals surface area contributed by atoms with Crippen molar-refractivity contribution in [1.29, 1.82) is 0 Å². The van der Waals surface area contributed by atoms with E-state index in [1.807, 2.05) is 0 Å². The molecule has 0 fully saturated rings. The van der Waals surface area contributed by atoms with Crippen molar-refractivity contribution in [2.75, 3.05) is 5.32 Å². The predicted octanol–water partition coefficient (Wildman–Crippen LogP) is 3.53. The van der Waals surface area contributed by atoms with Crippen molar-refractivity contribution in [3.8, 4) is 0 Å². The zero-order valence-corrected chi connectivity index (χ0v) is 11.4. The largest absolute Gasteiger partial charge is 0.368 e. The maximum Gasteiger partial charge on any atom is 0.290 e. The van der Waals surface area contributed by atoms with Gasteiger partial charge in [0.1, 0.15) is 12.0 Å². The number of aryl methyl sites for hydroxylation is 1. The topological polar surface area (TPSA) is 68.1 Å². The number of nitro groups is 1. The lowest BCUT2D eigenvalue weighted by molar-refractivity contribution is -0.385. The van der Waals surface area contributed by atoms with Gasteiger partial charge in [-0.15, -0.1) is 0 Å². The molecule has 0 amide bonds. The van der Waals surface area contributed by atoms with Crippen LogP contribution in [0.2, 0.25) is 0 Å². The highest BCUT2D eigenvalue weighted by Gasteiger charge is 2.13. The van der Waals surface area contributed by atoms with E-state index in [9.17, 15) is 10.1 Å². The van der Waals surface area contributed by atoms with E-state index in [4.69, 9.17) is 0 Å². The summed E-state index contributed by atoms with van der Waals surface area (Å²) in [5.41, 5.74) is 0.698. The van der Waals surface area contributed by atoms with Crippen LogP contribution in [-0.4, -0.2) is 15.9 Å². The second-order valence-electron chi connectivity index (χ2n) is 4.91. The summed E-state index contributed by atoms with van der Waals surface area (Å²) in [7, 11) is 0. The summed E-state index contributed by atoms with van der Waals surface area (Å²) in [5, 5.41) is 14.0. The highest BCUT2D eigenvalue weighted by molar-refractivity contribution is 5.47. The Bertz CT molecular complexity index is 421. The summed E-state index contributed by atoms with van der Waals surface area (Å²) in [6.07, 6.45) is 3.53. The number of nitrogens with zero attached hydrogens (tertiary/aromatic N) is 2. The molecule has 0 aliphatic heterocycles. The molecule has 0 aliphatic rings. The first-order valence-corrected chi connectivity index (χ1v) is 6.31. The number of rotatable bonds is 6. The second kappa shape index (κ2) is 6.33. The summed E-state index contributed by atoms with van der Waals surface area (Å²) in [4.78, 5) is 14.4. The average Bonchev–Trinajstić information content (AvgIpc) is 2.28. The third-order valence-corrected chi connectivity index (χ3v) is 3.13. The van der Waals surface area contributed by atoms with Gasteiger partial charge in [0, 0.05) is 11.6 Å². The van der Waals surface area contributed by atoms with Crippen molar-refractivity contribution < 1.29 is 4.92 Å². The Balaban J connectivity index is 2.68. The molecule has 0 radical (unpaired) electrons. The molecule has 0 aromatic carbocycles. The monoisotopic (exact) mass is 251 g/mol. The zero-order valence-electron chi connectivity index (χ0n) is 11.4. The van der Waals surface area contributed by atoms with Gasteiger partial charge in [0.05, 0.1) is 4.92 Å². The molecule has 1 rings (SSSR count). The number of hydrogen-bond donors (Lipinski definition) is 1. The third kappa shape index (κ3) is 3.98. The zero-order chi connectivity index (χ0) is 13.7. The minimum atomic E-state index is -0.408. The van der Waals surface area contributed by atoms with E-state index in [1.54, 1.807) is 13.0 Å². The van der Waals surface area contributed by atoms with Crippen LogP contribution in [0.3, 0.4) is 0 Å². The van der Waals surface area contributed by atoms with E-state index in [-0.39, 0.29) is 5.69 Å². The van der Waals surface area contributed by atoms with Gasteiger partial charge in [-0.1, -0.05) is 20.3 Å². The van der Waals surface area contributed by atoms with E-state index >= 15 is 0 Å². The van der Waals surface area contributed by atoms with Crippen LogP contribution >= 0.6 is 0 Å². The van der Waals surface area contributed by atoms with Crippen molar-refractivity contribution in [2.45, 2.75) is 46.6 Å². The number of pyridine rings is 1. The molecule has 0 bridgehead atoms. The van der Waals surface area contributed by atoms with Gasteiger partial charge in [0.15, 0.2) is 0 Å². The molecule has 1 aromatic rings. The maximum absolute atomic E-state index is 10.7. The minimum Gasteiger partial charge on any atom is -0.368 e. The first kappa shape index (κ1) is 14.4. The molecule has 5 heteroatoms. The Kier molecular flexibility index (Phi) is 5.07. The summed E-state index contributed by atoms with van der Waals surface area (Å²) in [6.45, 7) is 8.22. The van der Waals surface area contributed by atoms with Crippen LogP contribution in [0.15, 0.2) is 12.3 Å². The summed E-state index contributed by atoms with van der Waals surface area (Å²) >= 11 is 0. The molecule has 0 saturated carbocycles. The SMILES string of the molecule is CCC(C)CC(C)Nc1cc(C)c([N+](=O)[O-])cn1. The van der Waals surface area contributed by atoms with Crippen LogP contribution in [0, 0.1) is 23.0 Å². The maximum atomic E-state index is 10.7. The minimum absolute atomic E-state index is 0.0649. The molecule has 2 unspecified atom stereocenters. The fraction of sp³-hybridized carbons (Fsp3) is 0.615. The molecule has 1 heterocycles. The van der Waals surface area contributed by atoms with E-state index in [1.165, 1.54) is 6.20 Å². The fourth-order valence-corrected chi connectivity index (χ4v) is 1.90. The molecule has 0 saturated heterocycles. The molecule has 5 nitrogen and oxygen atoms in total. The molecule has 100 valence electrons. The van der Waals surface area contributed by atoms with Crippen LogP contribution < -0.4 is 5.32 Å². The number of nitrogens with one attached hydrogen (secondary N) is 1. The Hall–Kier alpha value is -1.65. The lowest BCUT2D eigenvalue weighted by atomic mass is 10.0. The molecule has 1 aromatic heterocycles. The smallest absolute Gasteiger partial charge is 0.290 e. The quantitative estimate of drug-likeness (QED) is 0.620. The van der Waals surface area contributed by atoms with Crippen LogP contribution in [-0.2, 0) is 0 Å². The van der Waals surface area contributed by atoms with Crippen molar-refractivity contribution in [2.24, 2.45) is 5.92 Å². The first-order valence-electron chi connectivity index (χ1n) is 6.31. The molecule has 0 aliphatic carbocycles. The van der Waals surface area contributed by atoms with Gasteiger partial charge in [-0.2, -0.15) is 0 Å². The van der Waals surface area contributed by atoms with E-state index in [0.29, 0.717) is 23.3 Å². The number of hydrogen-bond acceptors (Lipinski definition) is 4. The molecular formula is C13H21N3O2. The van der Waals surface area contributed by atoms with Gasteiger partial charge < -0.3 is 5.32 Å². The van der Waals surface area contributed by atoms with Gasteiger partial charge in [-0.05, 0) is 32.3 Å². The van der Waals surface area contributed by atoms with Crippen LogP contribution in [0.4, 0.5) is 11.5 Å². The van der Waals surface area contributed by atoms with E-state index in [2.05, 4.69) is 31.1 Å². The van der Waals surface area contributed by atoms with Gasteiger partial charge in [-0.25, -0.2) is 4.98 Å². The lowest BCUT2D eigenvalue weighted by Gasteiger charge is -2.18. The molecule has 0 spiro atoms. The van der Waals surface area contributed by atoms with Gasteiger partial charge in [-0.3, -0.25) is 10.1 Å². The summed E-state index contributed by atoms with van der Waals surface area (Å²) in [5.74, 6) is 1.36. The second-order valence-corrected chi connectivity index (χ2v) is 4.91. The van der Waals surface area contributed by atoms with Crippen molar-refractivity contribution in [3.05, 3.63) is 27.9 Å². The Morgan fingerprint density at radius 3 is 2.67 bits per heavy atom. The Labute approximate surface area is 108 Å². The summed E-state index contributed by atoms with van der Waals surface area (Å²) in [6, 6.07) is 2.04. The Morgan fingerprint density at radius 2 is 2.17 bits per heavy atom. The Morgan fingerprint density at radius 1 is 1.50 bits per heavy atom. The van der Waals surface area contributed by atoms with Crippen molar-refractivity contribution in [1.82, 2.24) is 4.98 Å². The first-order chi connectivity index (χ1) is 8.43. The average molecular weight is 251 g/mol. The lowest BCUT2D eigenvalue weighted by Crippen LogP contribution is -2.19. The molecule has 1 N–H and O–H groups in total. The highest BCUT2D eigenvalue weighted by atomic mass is 16.6. The fourth-order valence-electron chi connectivity index (χ4n) is 1.90. The van der Waals surface area contributed by atoms with Crippen molar-refractivity contribution >= 4 is 11.5 Å². The normalized spacial score (nSPS) is 14.0. The molecule has 2 atom stereocenters. The van der Waals surface area contributed by atoms with Gasteiger partial charge in [0.25, 0.3) is 5.69 Å². The summed E-state index contributed by atoms with van der Waals surface area (Å²) < 4.78 is 0.